The third-order valence-corrected chi connectivity index (χ3v) is 2.23. The van der Waals surface area contributed by atoms with E-state index in [4.69, 9.17) is 4.74 Å². The molecular formula is C14H15NO3. The molecule has 0 aliphatic heterocycles. The monoisotopic (exact) mass is 245 g/mol. The molecule has 4 heteroatoms. The van der Waals surface area contributed by atoms with Crippen molar-refractivity contribution in [3.63, 3.8) is 0 Å². The predicted octanol–water partition coefficient (Wildman–Crippen LogP) is 1.39. The molecule has 0 atom stereocenters. The predicted molar refractivity (Wildman–Crippen MR) is 68.6 cm³/mol. The van der Waals surface area contributed by atoms with E-state index >= 15 is 0 Å². The summed E-state index contributed by atoms with van der Waals surface area (Å²) >= 11 is 0. The summed E-state index contributed by atoms with van der Waals surface area (Å²) < 4.78 is 5.07. The minimum absolute atomic E-state index is 0.0771. The average molecular weight is 245 g/mol. The number of methoxy groups -OCH3 is 1. The molecule has 4 nitrogen and oxygen atoms in total. The average Bonchev–Trinajstić information content (AvgIpc) is 2.37. The van der Waals surface area contributed by atoms with Crippen LogP contribution in [0.2, 0.25) is 0 Å². The topological polar surface area (TPSA) is 55.4 Å². The number of amides is 1. The quantitative estimate of drug-likeness (QED) is 0.495. The minimum atomic E-state index is -0.0771. The van der Waals surface area contributed by atoms with E-state index in [1.165, 1.54) is 6.92 Å². The zero-order chi connectivity index (χ0) is 13.4. The van der Waals surface area contributed by atoms with Gasteiger partial charge in [-0.2, -0.15) is 0 Å². The Balaban J connectivity index is 2.73. The third-order valence-electron chi connectivity index (χ3n) is 2.23. The summed E-state index contributed by atoms with van der Waals surface area (Å²) in [5.74, 6) is 6.39. The van der Waals surface area contributed by atoms with Crippen LogP contribution >= 0.6 is 0 Å². The van der Waals surface area contributed by atoms with E-state index in [2.05, 4.69) is 17.2 Å². The zero-order valence-corrected chi connectivity index (χ0v) is 10.4. The van der Waals surface area contributed by atoms with E-state index in [0.29, 0.717) is 29.8 Å². The minimum Gasteiger partial charge on any atom is -0.497 e. The van der Waals surface area contributed by atoms with Crippen LogP contribution in [-0.2, 0) is 4.79 Å². The maximum Gasteiger partial charge on any atom is 0.216 e. The second-order valence-electron chi connectivity index (χ2n) is 3.61. The standard InChI is InChI=1S/C14H15NO3/c1-11(17)15-8-4-3-5-12-9-14(18-2)7-6-13(12)10-16/h6-7,9-10H,4,8H2,1-2H3,(H,15,17). The molecular weight excluding hydrogens is 230 g/mol. The van der Waals surface area contributed by atoms with Crippen LogP contribution in [0.4, 0.5) is 0 Å². The number of hydrogen-bond acceptors (Lipinski definition) is 3. The number of ether oxygens (including phenoxy) is 1. The molecule has 0 aromatic heterocycles. The molecule has 1 amide bonds. The van der Waals surface area contributed by atoms with Crippen molar-refractivity contribution in [3.8, 4) is 17.6 Å². The lowest BCUT2D eigenvalue weighted by Crippen LogP contribution is -2.20. The number of hydrogen-bond donors (Lipinski definition) is 1. The van der Waals surface area contributed by atoms with Gasteiger partial charge in [-0.3, -0.25) is 9.59 Å². The molecule has 0 bridgehead atoms. The lowest BCUT2D eigenvalue weighted by molar-refractivity contribution is -0.118. The van der Waals surface area contributed by atoms with Crippen LogP contribution in [0.15, 0.2) is 18.2 Å². The molecule has 0 radical (unpaired) electrons. The maximum absolute atomic E-state index is 10.8. The molecule has 0 aliphatic rings. The van der Waals surface area contributed by atoms with E-state index in [1.54, 1.807) is 25.3 Å². The number of nitrogens with one attached hydrogen (secondary N) is 1. The van der Waals surface area contributed by atoms with Crippen molar-refractivity contribution in [1.82, 2.24) is 5.32 Å². The van der Waals surface area contributed by atoms with Crippen LogP contribution < -0.4 is 10.1 Å². The normalized spacial score (nSPS) is 9.00. The van der Waals surface area contributed by atoms with Gasteiger partial charge >= 0.3 is 0 Å². The SMILES string of the molecule is COc1ccc(C=O)c(C#CCCNC(C)=O)c1. The largest absolute Gasteiger partial charge is 0.497 e. The van der Waals surface area contributed by atoms with Gasteiger partial charge in [0, 0.05) is 31.0 Å². The Morgan fingerprint density at radius 2 is 2.28 bits per heavy atom. The number of benzene rings is 1. The molecule has 0 fully saturated rings. The Labute approximate surface area is 106 Å². The zero-order valence-electron chi connectivity index (χ0n) is 10.4. The van der Waals surface area contributed by atoms with Gasteiger partial charge in [0.25, 0.3) is 0 Å². The summed E-state index contributed by atoms with van der Waals surface area (Å²) in [7, 11) is 1.56. The highest BCUT2D eigenvalue weighted by Gasteiger charge is 2.00. The van der Waals surface area contributed by atoms with Crippen molar-refractivity contribution in [2.75, 3.05) is 13.7 Å². The molecule has 0 unspecified atom stereocenters. The lowest BCUT2D eigenvalue weighted by atomic mass is 10.1. The van der Waals surface area contributed by atoms with Gasteiger partial charge in [0.2, 0.25) is 5.91 Å². The van der Waals surface area contributed by atoms with E-state index in [-0.39, 0.29) is 5.91 Å². The Morgan fingerprint density at radius 3 is 2.89 bits per heavy atom. The highest BCUT2D eigenvalue weighted by Crippen LogP contribution is 2.15. The van der Waals surface area contributed by atoms with Crippen molar-refractivity contribution in [3.05, 3.63) is 29.3 Å². The van der Waals surface area contributed by atoms with Gasteiger partial charge in [-0.1, -0.05) is 11.8 Å². The molecule has 0 heterocycles. The Morgan fingerprint density at radius 1 is 1.50 bits per heavy atom. The van der Waals surface area contributed by atoms with Gasteiger partial charge < -0.3 is 10.1 Å². The molecule has 0 saturated carbocycles. The highest BCUT2D eigenvalue weighted by atomic mass is 16.5. The van der Waals surface area contributed by atoms with Crippen LogP contribution in [0.1, 0.15) is 29.3 Å². The molecule has 0 aliphatic carbocycles. The van der Waals surface area contributed by atoms with E-state index < -0.39 is 0 Å². The summed E-state index contributed by atoms with van der Waals surface area (Å²) in [6.45, 7) is 1.96. The molecule has 0 saturated heterocycles. The fourth-order valence-electron chi connectivity index (χ4n) is 1.33. The maximum atomic E-state index is 10.8. The molecule has 94 valence electrons. The summed E-state index contributed by atoms with van der Waals surface area (Å²) in [6.07, 6.45) is 1.30. The third kappa shape index (κ3) is 4.30. The lowest BCUT2D eigenvalue weighted by Gasteiger charge is -2.01. The van der Waals surface area contributed by atoms with E-state index in [0.717, 1.165) is 6.29 Å². The molecule has 1 aromatic rings. The first kappa shape index (κ1) is 13.8. The molecule has 1 N–H and O–H groups in total. The van der Waals surface area contributed by atoms with E-state index in [9.17, 15) is 9.59 Å². The second-order valence-corrected chi connectivity index (χ2v) is 3.61. The highest BCUT2D eigenvalue weighted by molar-refractivity contribution is 5.80. The van der Waals surface area contributed by atoms with Gasteiger partial charge in [0.1, 0.15) is 5.75 Å². The van der Waals surface area contributed by atoms with Gasteiger partial charge in [-0.25, -0.2) is 0 Å². The van der Waals surface area contributed by atoms with Crippen LogP contribution in [-0.4, -0.2) is 25.8 Å². The van der Waals surface area contributed by atoms with Crippen LogP contribution in [0.25, 0.3) is 0 Å². The van der Waals surface area contributed by atoms with Gasteiger partial charge in [-0.05, 0) is 18.2 Å². The van der Waals surface area contributed by atoms with Crippen LogP contribution in [0, 0.1) is 11.8 Å². The number of carbonyl (C=O) groups excluding carboxylic acids is 2. The van der Waals surface area contributed by atoms with Gasteiger partial charge in [0.15, 0.2) is 6.29 Å². The van der Waals surface area contributed by atoms with Crippen molar-refractivity contribution in [2.24, 2.45) is 0 Å². The fraction of sp³-hybridized carbons (Fsp3) is 0.286. The van der Waals surface area contributed by atoms with Gasteiger partial charge in [0.05, 0.1) is 7.11 Å². The molecule has 1 rings (SSSR count). The molecule has 18 heavy (non-hydrogen) atoms. The number of aldehydes is 1. The van der Waals surface area contributed by atoms with Crippen molar-refractivity contribution >= 4 is 12.2 Å². The number of carbonyl (C=O) groups is 2. The van der Waals surface area contributed by atoms with Crippen molar-refractivity contribution < 1.29 is 14.3 Å². The number of rotatable bonds is 4. The molecule has 0 spiro atoms. The summed E-state index contributed by atoms with van der Waals surface area (Å²) in [4.78, 5) is 21.5. The Hall–Kier alpha value is -2.28. The first-order valence-electron chi connectivity index (χ1n) is 5.54. The van der Waals surface area contributed by atoms with Crippen molar-refractivity contribution in [1.29, 1.82) is 0 Å². The summed E-state index contributed by atoms with van der Waals surface area (Å²) in [6, 6.07) is 5.10. The Kier molecular flexibility index (Phi) is 5.46. The molecule has 1 aromatic carbocycles. The van der Waals surface area contributed by atoms with Crippen LogP contribution in [0.3, 0.4) is 0 Å². The second kappa shape index (κ2) is 7.13. The summed E-state index contributed by atoms with van der Waals surface area (Å²) in [5, 5.41) is 2.65. The van der Waals surface area contributed by atoms with E-state index in [1.807, 2.05) is 0 Å². The van der Waals surface area contributed by atoms with Gasteiger partial charge in [-0.15, -0.1) is 0 Å². The summed E-state index contributed by atoms with van der Waals surface area (Å²) in [5.41, 5.74) is 1.16. The first-order chi connectivity index (χ1) is 8.67. The Bertz CT molecular complexity index is 497. The first-order valence-corrected chi connectivity index (χ1v) is 5.54. The smallest absolute Gasteiger partial charge is 0.216 e. The van der Waals surface area contributed by atoms with Crippen molar-refractivity contribution in [2.45, 2.75) is 13.3 Å². The fourth-order valence-corrected chi connectivity index (χ4v) is 1.33. The van der Waals surface area contributed by atoms with Crippen LogP contribution in [0.5, 0.6) is 5.75 Å².